The first-order chi connectivity index (χ1) is 15.0. The number of rotatable bonds is 3. The van der Waals surface area contributed by atoms with Crippen LogP contribution in [-0.2, 0) is 22.0 Å². The standard InChI is InChI=1S/C10H12ClN3O.C6H5Cl2N.C4H8N2O/c11-9-2-1-8(5-13-9)6-14-4-3-12-10(15)7-14;7-3-5-1-2-6(8)9-4-5;7-4-3-5-1-2-6-4/h1-2,5H,3-4,6-7H2,(H,12,15);1-2,4H,3H2;5H,1-3H2,(H,6,7). The van der Waals surface area contributed by atoms with Crippen molar-refractivity contribution in [2.45, 2.75) is 12.4 Å². The molecule has 0 aliphatic carbocycles. The van der Waals surface area contributed by atoms with Crippen molar-refractivity contribution in [2.24, 2.45) is 0 Å². The molecule has 0 saturated carbocycles. The van der Waals surface area contributed by atoms with Gasteiger partial charge in [-0.2, -0.15) is 0 Å². The molecule has 8 nitrogen and oxygen atoms in total. The summed E-state index contributed by atoms with van der Waals surface area (Å²) in [6, 6.07) is 7.27. The lowest BCUT2D eigenvalue weighted by Crippen LogP contribution is -2.47. The minimum Gasteiger partial charge on any atom is -0.354 e. The van der Waals surface area contributed by atoms with Crippen LogP contribution in [0, 0.1) is 0 Å². The number of pyridine rings is 2. The first-order valence-corrected chi connectivity index (χ1v) is 11.0. The van der Waals surface area contributed by atoms with Crippen LogP contribution in [0.4, 0.5) is 0 Å². The Morgan fingerprint density at radius 3 is 1.97 bits per heavy atom. The van der Waals surface area contributed by atoms with E-state index >= 15 is 0 Å². The Morgan fingerprint density at radius 1 is 0.871 bits per heavy atom. The Balaban J connectivity index is 0.000000181. The van der Waals surface area contributed by atoms with Crippen molar-refractivity contribution in [1.29, 1.82) is 0 Å². The zero-order chi connectivity index (χ0) is 22.5. The van der Waals surface area contributed by atoms with Crippen LogP contribution < -0.4 is 16.0 Å². The highest BCUT2D eigenvalue weighted by atomic mass is 35.5. The van der Waals surface area contributed by atoms with Crippen molar-refractivity contribution >= 4 is 46.6 Å². The monoisotopic (exact) mass is 486 g/mol. The molecule has 11 heteroatoms. The number of alkyl halides is 1. The third-order valence-electron chi connectivity index (χ3n) is 4.16. The minimum absolute atomic E-state index is 0.0863. The van der Waals surface area contributed by atoms with E-state index < -0.39 is 0 Å². The molecule has 2 saturated heterocycles. The average molecular weight is 488 g/mol. The number of amides is 2. The fourth-order valence-electron chi connectivity index (χ4n) is 2.62. The highest BCUT2D eigenvalue weighted by Crippen LogP contribution is 2.08. The molecule has 0 bridgehead atoms. The smallest absolute Gasteiger partial charge is 0.234 e. The minimum atomic E-state index is 0.0863. The van der Waals surface area contributed by atoms with Gasteiger partial charge in [0.1, 0.15) is 10.3 Å². The molecule has 2 aliphatic heterocycles. The van der Waals surface area contributed by atoms with Crippen LogP contribution in [0.1, 0.15) is 11.1 Å². The van der Waals surface area contributed by atoms with Gasteiger partial charge in [-0.15, -0.1) is 11.6 Å². The normalized spacial score (nSPS) is 16.1. The van der Waals surface area contributed by atoms with E-state index in [-0.39, 0.29) is 11.8 Å². The summed E-state index contributed by atoms with van der Waals surface area (Å²) < 4.78 is 0. The number of carbonyl (C=O) groups excluding carboxylic acids is 2. The fourth-order valence-corrected chi connectivity index (χ4v) is 3.01. The number of aromatic nitrogens is 2. The van der Waals surface area contributed by atoms with E-state index in [9.17, 15) is 9.59 Å². The molecule has 0 atom stereocenters. The Labute approximate surface area is 196 Å². The molecular weight excluding hydrogens is 463 g/mol. The molecule has 168 valence electrons. The summed E-state index contributed by atoms with van der Waals surface area (Å²) >= 11 is 16.7. The number of nitrogens with one attached hydrogen (secondary N) is 3. The van der Waals surface area contributed by atoms with Crippen LogP contribution >= 0.6 is 34.8 Å². The highest BCUT2D eigenvalue weighted by Gasteiger charge is 2.15. The van der Waals surface area contributed by atoms with E-state index in [4.69, 9.17) is 34.8 Å². The van der Waals surface area contributed by atoms with Crippen LogP contribution in [0.5, 0.6) is 0 Å². The maximum atomic E-state index is 11.1. The summed E-state index contributed by atoms with van der Waals surface area (Å²) in [4.78, 5) is 31.3. The van der Waals surface area contributed by atoms with Gasteiger partial charge in [0, 0.05) is 51.0 Å². The van der Waals surface area contributed by atoms with Gasteiger partial charge in [-0.3, -0.25) is 14.5 Å². The molecule has 2 aliphatic rings. The number of halogens is 3. The third-order valence-corrected chi connectivity index (χ3v) is 4.92. The number of hydrogen-bond donors (Lipinski definition) is 3. The SMILES string of the molecule is ClCc1ccc(Cl)nc1.O=C1CN(Cc2ccc(Cl)nc2)CCN1.O=C1CNCCN1. The van der Waals surface area contributed by atoms with Gasteiger partial charge in [0.15, 0.2) is 0 Å². The summed E-state index contributed by atoms with van der Waals surface area (Å²) in [5, 5.41) is 9.39. The second-order valence-electron chi connectivity index (χ2n) is 6.70. The van der Waals surface area contributed by atoms with Crippen molar-refractivity contribution in [3.8, 4) is 0 Å². The number of carbonyl (C=O) groups is 2. The van der Waals surface area contributed by atoms with E-state index in [0.717, 1.165) is 43.9 Å². The van der Waals surface area contributed by atoms with Gasteiger partial charge < -0.3 is 16.0 Å². The molecule has 31 heavy (non-hydrogen) atoms. The number of nitrogens with zero attached hydrogens (tertiary/aromatic N) is 3. The molecule has 2 aromatic heterocycles. The van der Waals surface area contributed by atoms with Gasteiger partial charge in [-0.05, 0) is 23.3 Å². The van der Waals surface area contributed by atoms with Crippen molar-refractivity contribution in [2.75, 3.05) is 39.3 Å². The fraction of sp³-hybridized carbons (Fsp3) is 0.400. The van der Waals surface area contributed by atoms with E-state index in [2.05, 4.69) is 30.8 Å². The average Bonchev–Trinajstić information content (AvgIpc) is 2.77. The van der Waals surface area contributed by atoms with Gasteiger partial charge in [-0.1, -0.05) is 35.3 Å². The summed E-state index contributed by atoms with van der Waals surface area (Å²) in [5.74, 6) is 0.680. The Morgan fingerprint density at radius 2 is 1.52 bits per heavy atom. The van der Waals surface area contributed by atoms with Gasteiger partial charge in [0.25, 0.3) is 0 Å². The quantitative estimate of drug-likeness (QED) is 0.451. The summed E-state index contributed by atoms with van der Waals surface area (Å²) in [7, 11) is 0. The zero-order valence-corrected chi connectivity index (χ0v) is 19.2. The predicted molar refractivity (Wildman–Crippen MR) is 122 cm³/mol. The molecule has 2 aromatic rings. The van der Waals surface area contributed by atoms with Gasteiger partial charge in [-0.25, -0.2) is 9.97 Å². The van der Waals surface area contributed by atoms with Crippen molar-refractivity contribution in [3.63, 3.8) is 0 Å². The second kappa shape index (κ2) is 14.2. The highest BCUT2D eigenvalue weighted by molar-refractivity contribution is 6.29. The Hall–Kier alpha value is -1.97. The van der Waals surface area contributed by atoms with Gasteiger partial charge in [0.05, 0.1) is 13.1 Å². The Bertz CT molecular complexity index is 813. The van der Waals surface area contributed by atoms with Crippen molar-refractivity contribution < 1.29 is 9.59 Å². The van der Waals surface area contributed by atoms with E-state index in [1.165, 1.54) is 0 Å². The Kier molecular flexibility index (Phi) is 11.6. The molecule has 0 radical (unpaired) electrons. The maximum Gasteiger partial charge on any atom is 0.234 e. The summed E-state index contributed by atoms with van der Waals surface area (Å²) in [6.45, 7) is 4.99. The molecule has 4 rings (SSSR count). The van der Waals surface area contributed by atoms with Crippen LogP contribution in [-0.4, -0.2) is 66.0 Å². The molecule has 2 fully saturated rings. The van der Waals surface area contributed by atoms with Crippen LogP contribution in [0.3, 0.4) is 0 Å². The van der Waals surface area contributed by atoms with E-state index in [1.807, 2.05) is 12.1 Å². The van der Waals surface area contributed by atoms with Gasteiger partial charge >= 0.3 is 0 Å². The van der Waals surface area contributed by atoms with Gasteiger partial charge in [0.2, 0.25) is 11.8 Å². The lowest BCUT2D eigenvalue weighted by molar-refractivity contribution is -0.124. The van der Waals surface area contributed by atoms with E-state index in [0.29, 0.717) is 29.3 Å². The molecule has 0 unspecified atom stereocenters. The second-order valence-corrected chi connectivity index (χ2v) is 7.74. The largest absolute Gasteiger partial charge is 0.354 e. The third kappa shape index (κ3) is 10.8. The molecule has 2 amide bonds. The zero-order valence-electron chi connectivity index (χ0n) is 16.9. The first kappa shape index (κ1) is 25.3. The summed E-state index contributed by atoms with van der Waals surface area (Å²) in [6.07, 6.45) is 3.41. The summed E-state index contributed by atoms with van der Waals surface area (Å²) in [5.41, 5.74) is 2.06. The van der Waals surface area contributed by atoms with Crippen LogP contribution in [0.2, 0.25) is 10.3 Å². The van der Waals surface area contributed by atoms with Crippen LogP contribution in [0.15, 0.2) is 36.7 Å². The lowest BCUT2D eigenvalue weighted by atomic mass is 10.2. The van der Waals surface area contributed by atoms with E-state index in [1.54, 1.807) is 24.5 Å². The molecule has 4 heterocycles. The molecule has 0 spiro atoms. The van der Waals surface area contributed by atoms with Crippen molar-refractivity contribution in [3.05, 3.63) is 58.1 Å². The molecule has 0 aromatic carbocycles. The topological polar surface area (TPSA) is 99.2 Å². The molecular formula is C20H25Cl3N6O2. The number of piperazine rings is 2. The van der Waals surface area contributed by atoms with Crippen LogP contribution in [0.25, 0.3) is 0 Å². The maximum absolute atomic E-state index is 11.1. The molecule has 3 N–H and O–H groups in total. The predicted octanol–water partition coefficient (Wildman–Crippen LogP) is 1.85. The number of hydrogen-bond acceptors (Lipinski definition) is 6. The van der Waals surface area contributed by atoms with Crippen molar-refractivity contribution in [1.82, 2.24) is 30.8 Å². The lowest BCUT2D eigenvalue weighted by Gasteiger charge is -2.26. The first-order valence-electron chi connectivity index (χ1n) is 9.69.